The minimum Gasteiger partial charge on any atom is -0.466 e. The minimum atomic E-state index is -0.514. The molecule has 0 aliphatic rings. The van der Waals surface area contributed by atoms with Gasteiger partial charge in [-0.3, -0.25) is 0 Å². The summed E-state index contributed by atoms with van der Waals surface area (Å²) in [6, 6.07) is 0. The van der Waals surface area contributed by atoms with Crippen LogP contribution in [0.15, 0.2) is 23.5 Å². The Morgan fingerprint density at radius 1 is 1.13 bits per heavy atom. The van der Waals surface area contributed by atoms with Crippen LogP contribution in [0.4, 0.5) is 0 Å². The van der Waals surface area contributed by atoms with Gasteiger partial charge in [-0.05, 0) is 20.3 Å². The number of carbonyl (C=O) groups is 2. The molecule has 0 aromatic heterocycles. The summed E-state index contributed by atoms with van der Waals surface area (Å²) in [5, 5.41) is 0. The zero-order valence-electron chi connectivity index (χ0n) is 9.49. The van der Waals surface area contributed by atoms with Gasteiger partial charge in [-0.2, -0.15) is 0 Å². The lowest BCUT2D eigenvalue weighted by atomic mass is 10.2. The smallest absolute Gasteiger partial charge is 0.338 e. The maximum atomic E-state index is 11.3. The van der Waals surface area contributed by atoms with E-state index in [9.17, 15) is 9.59 Å². The van der Waals surface area contributed by atoms with Gasteiger partial charge in [0, 0.05) is 5.57 Å². The molecule has 0 saturated carbocycles. The maximum Gasteiger partial charge on any atom is 0.338 e. The standard InChI is InChI=1S/C11H16O4/c1-5-6-8(2)11(13)15-7-9(3)10(12)14-4/h6-7H,5H2,1-4H3. The lowest BCUT2D eigenvalue weighted by molar-refractivity contribution is -0.136. The first kappa shape index (κ1) is 13.4. The molecule has 0 aromatic rings. The zero-order valence-corrected chi connectivity index (χ0v) is 9.49. The summed E-state index contributed by atoms with van der Waals surface area (Å²) in [6.07, 6.45) is 3.62. The average Bonchev–Trinajstić information content (AvgIpc) is 2.24. The van der Waals surface area contributed by atoms with Gasteiger partial charge >= 0.3 is 11.9 Å². The molecule has 0 aliphatic heterocycles. The summed E-state index contributed by atoms with van der Waals surface area (Å²) in [5.41, 5.74) is 0.765. The van der Waals surface area contributed by atoms with Gasteiger partial charge < -0.3 is 9.47 Å². The van der Waals surface area contributed by atoms with Crippen molar-refractivity contribution in [2.45, 2.75) is 27.2 Å². The van der Waals surface area contributed by atoms with Crippen molar-refractivity contribution in [1.29, 1.82) is 0 Å². The molecule has 0 atom stereocenters. The summed E-state index contributed by atoms with van der Waals surface area (Å²) in [5.74, 6) is -0.972. The van der Waals surface area contributed by atoms with Gasteiger partial charge in [0.25, 0.3) is 0 Å². The van der Waals surface area contributed by atoms with Crippen molar-refractivity contribution in [3.05, 3.63) is 23.5 Å². The largest absolute Gasteiger partial charge is 0.466 e. The van der Waals surface area contributed by atoms with Gasteiger partial charge in [0.15, 0.2) is 0 Å². The number of rotatable bonds is 4. The minimum absolute atomic E-state index is 0.246. The molecule has 0 rings (SSSR count). The van der Waals surface area contributed by atoms with Gasteiger partial charge in [0.05, 0.1) is 12.7 Å². The van der Waals surface area contributed by atoms with Crippen molar-refractivity contribution in [2.75, 3.05) is 7.11 Å². The van der Waals surface area contributed by atoms with Gasteiger partial charge in [-0.1, -0.05) is 13.0 Å². The summed E-state index contributed by atoms with van der Waals surface area (Å²) < 4.78 is 9.21. The average molecular weight is 212 g/mol. The van der Waals surface area contributed by atoms with Crippen LogP contribution in [0.5, 0.6) is 0 Å². The van der Waals surface area contributed by atoms with Crippen molar-refractivity contribution in [1.82, 2.24) is 0 Å². The number of methoxy groups -OCH3 is 1. The quantitative estimate of drug-likeness (QED) is 0.406. The Balaban J connectivity index is 4.33. The van der Waals surface area contributed by atoms with E-state index in [-0.39, 0.29) is 5.57 Å². The molecule has 0 radical (unpaired) electrons. The second kappa shape index (κ2) is 6.81. The van der Waals surface area contributed by atoms with E-state index >= 15 is 0 Å². The van der Waals surface area contributed by atoms with Crippen LogP contribution in [0.25, 0.3) is 0 Å². The van der Waals surface area contributed by atoms with Crippen LogP contribution >= 0.6 is 0 Å². The van der Waals surface area contributed by atoms with Crippen molar-refractivity contribution >= 4 is 11.9 Å². The SMILES string of the molecule is CCC=C(C)C(=O)OC=C(C)C(=O)OC. The Hall–Kier alpha value is -1.58. The van der Waals surface area contributed by atoms with E-state index in [2.05, 4.69) is 4.74 Å². The van der Waals surface area contributed by atoms with Crippen LogP contribution in [0.2, 0.25) is 0 Å². The normalized spacial score (nSPS) is 12.3. The van der Waals surface area contributed by atoms with Crippen molar-refractivity contribution < 1.29 is 19.1 Å². The van der Waals surface area contributed by atoms with E-state index < -0.39 is 11.9 Å². The lowest BCUT2D eigenvalue weighted by Gasteiger charge is -2.01. The van der Waals surface area contributed by atoms with Crippen molar-refractivity contribution in [2.24, 2.45) is 0 Å². The van der Waals surface area contributed by atoms with Crippen LogP contribution in [0.1, 0.15) is 27.2 Å². The Morgan fingerprint density at radius 2 is 1.73 bits per heavy atom. The number of allylic oxidation sites excluding steroid dienone is 1. The summed E-state index contributed by atoms with van der Waals surface area (Å²) in [4.78, 5) is 22.2. The molecule has 0 spiro atoms. The fraction of sp³-hybridized carbons (Fsp3) is 0.455. The van der Waals surface area contributed by atoms with E-state index in [1.54, 1.807) is 13.0 Å². The first-order valence-electron chi connectivity index (χ1n) is 4.65. The number of carbonyl (C=O) groups excluding carboxylic acids is 2. The highest BCUT2D eigenvalue weighted by Gasteiger charge is 2.07. The van der Waals surface area contributed by atoms with E-state index in [1.807, 2.05) is 6.92 Å². The predicted molar refractivity (Wildman–Crippen MR) is 55.9 cm³/mol. The number of esters is 2. The molecular weight excluding hydrogens is 196 g/mol. The lowest BCUT2D eigenvalue weighted by Crippen LogP contribution is -2.05. The third-order valence-electron chi connectivity index (χ3n) is 1.68. The second-order valence-electron chi connectivity index (χ2n) is 2.99. The maximum absolute atomic E-state index is 11.3. The first-order valence-corrected chi connectivity index (χ1v) is 4.65. The highest BCUT2D eigenvalue weighted by Crippen LogP contribution is 2.02. The monoisotopic (exact) mass is 212 g/mol. The number of hydrogen-bond donors (Lipinski definition) is 0. The molecule has 0 aromatic carbocycles. The predicted octanol–water partition coefficient (Wildman–Crippen LogP) is 1.96. The molecule has 0 N–H and O–H groups in total. The van der Waals surface area contributed by atoms with Crippen LogP contribution in [-0.4, -0.2) is 19.0 Å². The fourth-order valence-electron chi connectivity index (χ4n) is 0.833. The van der Waals surface area contributed by atoms with E-state index in [0.29, 0.717) is 5.57 Å². The second-order valence-corrected chi connectivity index (χ2v) is 2.99. The first-order chi connectivity index (χ1) is 7.02. The van der Waals surface area contributed by atoms with Crippen molar-refractivity contribution in [3.8, 4) is 0 Å². The fourth-order valence-corrected chi connectivity index (χ4v) is 0.833. The number of ether oxygens (including phenoxy) is 2. The molecule has 0 unspecified atom stereocenters. The van der Waals surface area contributed by atoms with Crippen LogP contribution < -0.4 is 0 Å². The number of hydrogen-bond acceptors (Lipinski definition) is 4. The van der Waals surface area contributed by atoms with E-state index in [0.717, 1.165) is 12.7 Å². The van der Waals surface area contributed by atoms with Gasteiger partial charge in [0.2, 0.25) is 0 Å². The molecule has 15 heavy (non-hydrogen) atoms. The molecule has 4 heteroatoms. The Morgan fingerprint density at radius 3 is 2.20 bits per heavy atom. The van der Waals surface area contributed by atoms with Crippen LogP contribution in [0, 0.1) is 0 Å². The summed E-state index contributed by atoms with van der Waals surface area (Å²) in [6.45, 7) is 5.09. The molecule has 0 fully saturated rings. The molecule has 0 aliphatic carbocycles. The Kier molecular flexibility index (Phi) is 6.09. The van der Waals surface area contributed by atoms with Crippen LogP contribution in [-0.2, 0) is 19.1 Å². The summed E-state index contributed by atoms with van der Waals surface area (Å²) in [7, 11) is 1.27. The molecule has 0 heterocycles. The summed E-state index contributed by atoms with van der Waals surface area (Å²) >= 11 is 0. The van der Waals surface area contributed by atoms with E-state index in [1.165, 1.54) is 14.0 Å². The zero-order chi connectivity index (χ0) is 11.8. The Labute approximate surface area is 89.6 Å². The molecular formula is C11H16O4. The van der Waals surface area contributed by atoms with Crippen molar-refractivity contribution in [3.63, 3.8) is 0 Å². The molecule has 0 saturated heterocycles. The highest BCUT2D eigenvalue weighted by molar-refractivity contribution is 5.90. The molecule has 4 nitrogen and oxygen atoms in total. The van der Waals surface area contributed by atoms with Crippen LogP contribution in [0.3, 0.4) is 0 Å². The van der Waals surface area contributed by atoms with Gasteiger partial charge in [-0.15, -0.1) is 0 Å². The molecule has 84 valence electrons. The van der Waals surface area contributed by atoms with E-state index in [4.69, 9.17) is 4.74 Å². The highest BCUT2D eigenvalue weighted by atomic mass is 16.5. The molecule has 0 amide bonds. The third kappa shape index (κ3) is 5.00. The van der Waals surface area contributed by atoms with Gasteiger partial charge in [0.1, 0.15) is 6.26 Å². The molecule has 0 bridgehead atoms. The van der Waals surface area contributed by atoms with Gasteiger partial charge in [-0.25, -0.2) is 9.59 Å². The Bertz CT molecular complexity index is 300. The third-order valence-corrected chi connectivity index (χ3v) is 1.68. The topological polar surface area (TPSA) is 52.6 Å².